The van der Waals surface area contributed by atoms with Gasteiger partial charge in [0.25, 0.3) is 0 Å². The van der Waals surface area contributed by atoms with Crippen molar-refractivity contribution in [2.45, 2.75) is 50.7 Å². The Labute approximate surface area is 125 Å². The number of nitrogens with zero attached hydrogens (tertiary/aromatic N) is 3. The molecule has 116 valence electrons. The van der Waals surface area contributed by atoms with Gasteiger partial charge in [0.05, 0.1) is 6.10 Å². The Hall–Kier alpha value is -1.36. The largest absolute Gasteiger partial charge is 0.393 e. The maximum Gasteiger partial charge on any atom is 0.222 e. The first kappa shape index (κ1) is 14.6. The highest BCUT2D eigenvalue weighted by atomic mass is 16.3. The van der Waals surface area contributed by atoms with Crippen LogP contribution in [0.15, 0.2) is 12.3 Å². The summed E-state index contributed by atoms with van der Waals surface area (Å²) in [6.45, 7) is 0. The van der Waals surface area contributed by atoms with Crippen LogP contribution in [0.1, 0.15) is 37.8 Å². The summed E-state index contributed by atoms with van der Waals surface area (Å²) in [5.41, 5.74) is 1.10. The lowest BCUT2D eigenvalue weighted by atomic mass is 10.0. The van der Waals surface area contributed by atoms with Crippen LogP contribution in [0.2, 0.25) is 0 Å². The maximum absolute atomic E-state index is 12.4. The number of carbonyl (C=O) groups is 1. The molecule has 21 heavy (non-hydrogen) atoms. The first-order valence-electron chi connectivity index (χ1n) is 7.95. The highest BCUT2D eigenvalue weighted by Crippen LogP contribution is 2.45. The zero-order valence-electron chi connectivity index (χ0n) is 12.9. The summed E-state index contributed by atoms with van der Waals surface area (Å²) in [6.07, 6.45) is 6.95. The smallest absolute Gasteiger partial charge is 0.222 e. The molecule has 0 aromatic carbocycles. The number of aryl methyl sites for hydroxylation is 2. The van der Waals surface area contributed by atoms with E-state index in [1.165, 1.54) is 0 Å². The molecule has 0 radical (unpaired) electrons. The number of rotatable bonds is 4. The van der Waals surface area contributed by atoms with Gasteiger partial charge < -0.3 is 10.0 Å². The summed E-state index contributed by atoms with van der Waals surface area (Å²) in [4.78, 5) is 14.3. The third-order valence-electron chi connectivity index (χ3n) is 5.42. The molecule has 0 spiro atoms. The molecule has 2 aliphatic rings. The summed E-state index contributed by atoms with van der Waals surface area (Å²) < 4.78 is 1.83. The van der Waals surface area contributed by atoms with Gasteiger partial charge in [-0.3, -0.25) is 9.48 Å². The zero-order chi connectivity index (χ0) is 15.0. The van der Waals surface area contributed by atoms with Crippen LogP contribution in [0.4, 0.5) is 0 Å². The van der Waals surface area contributed by atoms with Crippen molar-refractivity contribution in [3.05, 3.63) is 18.0 Å². The summed E-state index contributed by atoms with van der Waals surface area (Å²) in [5.74, 6) is 1.47. The molecule has 1 aromatic heterocycles. The Morgan fingerprint density at radius 3 is 2.62 bits per heavy atom. The molecule has 2 aliphatic carbocycles. The standard InChI is InChI=1S/C16H25N3O2/c1-18(14-7-11-9-15(20)10-12(11)8-14)16(21)4-3-13-5-6-17-19(13)2/h5-6,11-12,14-15,20H,3-4,7-10H2,1-2H3/t11-,12+,14?,15?. The summed E-state index contributed by atoms with van der Waals surface area (Å²) in [5, 5.41) is 13.8. The SMILES string of the molecule is CN(C(=O)CCc1ccnn1C)C1C[C@H]2CC(O)C[C@H]2C1. The van der Waals surface area contributed by atoms with E-state index in [2.05, 4.69) is 5.10 Å². The second-order valence-electron chi connectivity index (χ2n) is 6.72. The molecular formula is C16H25N3O2. The van der Waals surface area contributed by atoms with Crippen LogP contribution in [0.5, 0.6) is 0 Å². The van der Waals surface area contributed by atoms with Crippen LogP contribution in [0.25, 0.3) is 0 Å². The molecule has 4 atom stereocenters. The van der Waals surface area contributed by atoms with Crippen LogP contribution < -0.4 is 0 Å². The van der Waals surface area contributed by atoms with Crippen LogP contribution in [-0.2, 0) is 18.3 Å². The zero-order valence-corrected chi connectivity index (χ0v) is 12.9. The number of amides is 1. The lowest BCUT2D eigenvalue weighted by molar-refractivity contribution is -0.132. The van der Waals surface area contributed by atoms with E-state index in [1.54, 1.807) is 6.20 Å². The van der Waals surface area contributed by atoms with E-state index >= 15 is 0 Å². The van der Waals surface area contributed by atoms with E-state index in [9.17, 15) is 9.90 Å². The summed E-state index contributed by atoms with van der Waals surface area (Å²) in [6, 6.07) is 2.33. The maximum atomic E-state index is 12.4. The Morgan fingerprint density at radius 1 is 1.38 bits per heavy atom. The lowest BCUT2D eigenvalue weighted by Crippen LogP contribution is -2.36. The molecule has 1 amide bonds. The molecule has 5 nitrogen and oxygen atoms in total. The van der Waals surface area contributed by atoms with Crippen LogP contribution in [-0.4, -0.2) is 44.9 Å². The van der Waals surface area contributed by atoms with Crippen molar-refractivity contribution in [3.8, 4) is 0 Å². The fourth-order valence-electron chi connectivity index (χ4n) is 4.13. The Kier molecular flexibility index (Phi) is 4.02. The molecule has 0 aliphatic heterocycles. The Bertz CT molecular complexity index is 499. The van der Waals surface area contributed by atoms with Gasteiger partial charge in [0.1, 0.15) is 0 Å². The van der Waals surface area contributed by atoms with Gasteiger partial charge in [0.2, 0.25) is 5.91 Å². The van der Waals surface area contributed by atoms with Crippen LogP contribution >= 0.6 is 0 Å². The molecule has 1 aromatic rings. The number of aliphatic hydroxyl groups is 1. The molecule has 5 heteroatoms. The fourth-order valence-corrected chi connectivity index (χ4v) is 4.13. The predicted molar refractivity (Wildman–Crippen MR) is 79.5 cm³/mol. The molecule has 1 heterocycles. The number of hydrogen-bond donors (Lipinski definition) is 1. The third-order valence-corrected chi connectivity index (χ3v) is 5.42. The molecule has 3 rings (SSSR count). The topological polar surface area (TPSA) is 58.4 Å². The number of hydrogen-bond acceptors (Lipinski definition) is 3. The normalized spacial score (nSPS) is 31.4. The highest BCUT2D eigenvalue weighted by Gasteiger charge is 2.42. The van der Waals surface area contributed by atoms with Gasteiger partial charge in [-0.25, -0.2) is 0 Å². The van der Waals surface area contributed by atoms with Gasteiger partial charge in [0, 0.05) is 38.4 Å². The van der Waals surface area contributed by atoms with Crippen molar-refractivity contribution in [2.24, 2.45) is 18.9 Å². The first-order valence-corrected chi connectivity index (χ1v) is 7.95. The average molecular weight is 291 g/mol. The van der Waals surface area contributed by atoms with Crippen LogP contribution in [0, 0.1) is 11.8 Å². The molecule has 1 N–H and O–H groups in total. The monoisotopic (exact) mass is 291 g/mol. The predicted octanol–water partition coefficient (Wildman–Crippen LogP) is 1.36. The van der Waals surface area contributed by atoms with Gasteiger partial charge in [0.15, 0.2) is 0 Å². The number of carbonyl (C=O) groups excluding carboxylic acids is 1. The van der Waals surface area contributed by atoms with Gasteiger partial charge in [-0.15, -0.1) is 0 Å². The van der Waals surface area contributed by atoms with Crippen molar-refractivity contribution in [1.82, 2.24) is 14.7 Å². The number of aliphatic hydroxyl groups excluding tert-OH is 1. The number of fused-ring (bicyclic) bond motifs is 1. The summed E-state index contributed by atoms with van der Waals surface area (Å²) >= 11 is 0. The second-order valence-corrected chi connectivity index (χ2v) is 6.72. The van der Waals surface area contributed by atoms with Crippen molar-refractivity contribution in [3.63, 3.8) is 0 Å². The molecule has 2 fully saturated rings. The minimum absolute atomic E-state index is 0.105. The van der Waals surface area contributed by atoms with Gasteiger partial charge in [-0.05, 0) is 50.0 Å². The minimum Gasteiger partial charge on any atom is -0.393 e. The molecule has 0 bridgehead atoms. The van der Waals surface area contributed by atoms with E-state index in [0.717, 1.165) is 37.8 Å². The molecular weight excluding hydrogens is 266 g/mol. The van der Waals surface area contributed by atoms with Crippen molar-refractivity contribution in [2.75, 3.05) is 7.05 Å². The van der Waals surface area contributed by atoms with Crippen molar-refractivity contribution >= 4 is 5.91 Å². The Balaban J connectivity index is 1.50. The van der Waals surface area contributed by atoms with Gasteiger partial charge >= 0.3 is 0 Å². The van der Waals surface area contributed by atoms with Crippen molar-refractivity contribution < 1.29 is 9.90 Å². The third kappa shape index (κ3) is 2.98. The van der Waals surface area contributed by atoms with Crippen LogP contribution in [0.3, 0.4) is 0 Å². The quantitative estimate of drug-likeness (QED) is 0.911. The minimum atomic E-state index is -0.105. The molecule has 2 unspecified atom stereocenters. The average Bonchev–Trinajstić information content (AvgIpc) is 3.09. The molecule has 0 saturated heterocycles. The van der Waals surface area contributed by atoms with E-state index in [4.69, 9.17) is 0 Å². The van der Waals surface area contributed by atoms with Crippen molar-refractivity contribution in [1.29, 1.82) is 0 Å². The second kappa shape index (κ2) is 5.79. The Morgan fingerprint density at radius 2 is 2.05 bits per heavy atom. The first-order chi connectivity index (χ1) is 10.0. The number of aromatic nitrogens is 2. The molecule has 2 saturated carbocycles. The summed E-state index contributed by atoms with van der Waals surface area (Å²) in [7, 11) is 3.85. The van der Waals surface area contributed by atoms with Gasteiger partial charge in [-0.1, -0.05) is 0 Å². The van der Waals surface area contributed by atoms with E-state index < -0.39 is 0 Å². The van der Waals surface area contributed by atoms with E-state index in [-0.39, 0.29) is 12.0 Å². The highest BCUT2D eigenvalue weighted by molar-refractivity contribution is 5.76. The van der Waals surface area contributed by atoms with Gasteiger partial charge in [-0.2, -0.15) is 5.10 Å². The lowest BCUT2D eigenvalue weighted by Gasteiger charge is -2.25. The van der Waals surface area contributed by atoms with E-state index in [1.807, 2.05) is 29.7 Å². The van der Waals surface area contributed by atoms with E-state index in [0.29, 0.717) is 24.3 Å². The fraction of sp³-hybridized carbons (Fsp3) is 0.750.